The lowest BCUT2D eigenvalue weighted by Crippen LogP contribution is -2.32. The average molecular weight is 510 g/mol. The van der Waals surface area contributed by atoms with Crippen molar-refractivity contribution in [2.45, 2.75) is 33.7 Å². The number of anilines is 3. The van der Waals surface area contributed by atoms with Gasteiger partial charge in [0.05, 0.1) is 11.8 Å². The molecule has 7 nitrogen and oxygen atoms in total. The summed E-state index contributed by atoms with van der Waals surface area (Å²) in [5.74, 6) is -0.588. The summed E-state index contributed by atoms with van der Waals surface area (Å²) in [6, 6.07) is 18.6. The van der Waals surface area contributed by atoms with Crippen LogP contribution in [0, 0.1) is 26.6 Å². The molecule has 8 heteroatoms. The van der Waals surface area contributed by atoms with Crippen molar-refractivity contribution in [3.63, 3.8) is 0 Å². The Morgan fingerprint density at radius 1 is 0.895 bits per heavy atom. The van der Waals surface area contributed by atoms with Crippen LogP contribution in [0.4, 0.5) is 21.6 Å². The molecule has 0 radical (unpaired) electrons. The topological polar surface area (TPSA) is 88.0 Å². The highest BCUT2D eigenvalue weighted by atomic mass is 19.1. The molecule has 0 spiro atoms. The molecule has 2 amide bonds. The predicted octanol–water partition coefficient (Wildman–Crippen LogP) is 6.13. The number of fused-ring (bicyclic) bond motifs is 1. The molecule has 2 heterocycles. The molecule has 0 fully saturated rings. The Bertz CT molecular complexity index is 1590. The van der Waals surface area contributed by atoms with E-state index in [4.69, 9.17) is 0 Å². The number of carbonyl (C=O) groups is 2. The maximum absolute atomic E-state index is 13.8. The van der Waals surface area contributed by atoms with Gasteiger partial charge in [-0.2, -0.15) is 5.10 Å². The number of carbonyl (C=O) groups excluding carboxylic acids is 2. The van der Waals surface area contributed by atoms with Crippen molar-refractivity contribution in [2.24, 2.45) is 0 Å². The quantitative estimate of drug-likeness (QED) is 0.302. The summed E-state index contributed by atoms with van der Waals surface area (Å²) in [5, 5.41) is 13.7. The molecule has 5 rings (SSSR count). The van der Waals surface area contributed by atoms with Crippen LogP contribution in [-0.2, 0) is 4.79 Å². The van der Waals surface area contributed by atoms with Gasteiger partial charge in [0, 0.05) is 17.1 Å². The van der Waals surface area contributed by atoms with Crippen molar-refractivity contribution in [1.82, 2.24) is 9.78 Å². The van der Waals surface area contributed by atoms with Crippen LogP contribution in [0.25, 0.3) is 0 Å². The summed E-state index contributed by atoms with van der Waals surface area (Å²) in [4.78, 5) is 26.9. The maximum Gasteiger partial charge on any atom is 0.261 e. The SMILES string of the molecule is CC1=C(C(=O)Nc2ccc(C)cc2C)[C@H](c2ccc(F)cc2)n2ncc(C(=O)Nc3cccc(C)c3)c2N1. The number of nitrogens with one attached hydrogen (secondary N) is 3. The van der Waals surface area contributed by atoms with Crippen molar-refractivity contribution in [2.75, 3.05) is 16.0 Å². The highest BCUT2D eigenvalue weighted by Crippen LogP contribution is 2.38. The number of allylic oxidation sites excluding steroid dienone is 1. The van der Waals surface area contributed by atoms with E-state index in [0.29, 0.717) is 39.6 Å². The molecule has 1 aliphatic heterocycles. The Labute approximate surface area is 220 Å². The van der Waals surface area contributed by atoms with Crippen LogP contribution in [0.2, 0.25) is 0 Å². The fourth-order valence-corrected chi connectivity index (χ4v) is 4.73. The third-order valence-electron chi connectivity index (χ3n) is 6.60. The fourth-order valence-electron chi connectivity index (χ4n) is 4.73. The van der Waals surface area contributed by atoms with Gasteiger partial charge >= 0.3 is 0 Å². The predicted molar refractivity (Wildman–Crippen MR) is 147 cm³/mol. The zero-order valence-electron chi connectivity index (χ0n) is 21.6. The Hall–Kier alpha value is -4.72. The first-order valence-electron chi connectivity index (χ1n) is 12.3. The molecule has 4 aromatic rings. The van der Waals surface area contributed by atoms with Gasteiger partial charge < -0.3 is 16.0 Å². The molecule has 0 bridgehead atoms. The molecule has 1 aliphatic rings. The van der Waals surface area contributed by atoms with Gasteiger partial charge in [0.2, 0.25) is 0 Å². The zero-order valence-corrected chi connectivity index (χ0v) is 21.6. The van der Waals surface area contributed by atoms with E-state index in [1.165, 1.54) is 18.3 Å². The van der Waals surface area contributed by atoms with Gasteiger partial charge in [0.15, 0.2) is 0 Å². The number of hydrogen-bond acceptors (Lipinski definition) is 4. The highest BCUT2D eigenvalue weighted by Gasteiger charge is 2.35. The summed E-state index contributed by atoms with van der Waals surface area (Å²) in [7, 11) is 0. The Morgan fingerprint density at radius 3 is 2.34 bits per heavy atom. The monoisotopic (exact) mass is 509 g/mol. The third kappa shape index (κ3) is 4.80. The van der Waals surface area contributed by atoms with Gasteiger partial charge in [0.1, 0.15) is 23.2 Å². The molecule has 3 aromatic carbocycles. The smallest absolute Gasteiger partial charge is 0.261 e. The number of hydrogen-bond donors (Lipinski definition) is 3. The normalized spacial score (nSPS) is 14.5. The summed E-state index contributed by atoms with van der Waals surface area (Å²) in [6.45, 7) is 7.66. The number of amides is 2. The van der Waals surface area contributed by atoms with Crippen LogP contribution in [0.3, 0.4) is 0 Å². The molecule has 0 saturated carbocycles. The van der Waals surface area contributed by atoms with Crippen LogP contribution >= 0.6 is 0 Å². The summed E-state index contributed by atoms with van der Waals surface area (Å²) < 4.78 is 15.4. The average Bonchev–Trinajstić information content (AvgIpc) is 3.29. The number of aromatic nitrogens is 2. The van der Waals surface area contributed by atoms with Gasteiger partial charge in [-0.05, 0) is 74.7 Å². The Balaban J connectivity index is 1.54. The van der Waals surface area contributed by atoms with E-state index >= 15 is 0 Å². The minimum absolute atomic E-state index is 0.316. The highest BCUT2D eigenvalue weighted by molar-refractivity contribution is 6.09. The summed E-state index contributed by atoms with van der Waals surface area (Å²) >= 11 is 0. The van der Waals surface area contributed by atoms with Gasteiger partial charge in [-0.25, -0.2) is 9.07 Å². The molecule has 38 heavy (non-hydrogen) atoms. The number of rotatable bonds is 5. The van der Waals surface area contributed by atoms with Crippen LogP contribution in [-0.4, -0.2) is 21.6 Å². The van der Waals surface area contributed by atoms with E-state index in [9.17, 15) is 14.0 Å². The van der Waals surface area contributed by atoms with Crippen molar-refractivity contribution in [1.29, 1.82) is 0 Å². The Morgan fingerprint density at radius 2 is 1.63 bits per heavy atom. The third-order valence-corrected chi connectivity index (χ3v) is 6.60. The molecule has 192 valence electrons. The molecule has 3 N–H and O–H groups in total. The van der Waals surface area contributed by atoms with Gasteiger partial charge in [0.25, 0.3) is 11.8 Å². The van der Waals surface area contributed by atoms with E-state index in [1.807, 2.05) is 63.2 Å². The molecular formula is C30H28FN5O2. The van der Waals surface area contributed by atoms with Gasteiger partial charge in [-0.15, -0.1) is 0 Å². The lowest BCUT2D eigenvalue weighted by Gasteiger charge is -2.30. The summed E-state index contributed by atoms with van der Waals surface area (Å²) in [5.41, 5.74) is 6.39. The standard InChI is InChI=1S/C30H28FN5O2/c1-17-6-5-7-23(15-17)34-29(37)24-16-32-36-27(21-9-11-22(31)12-10-21)26(20(4)33-28(24)36)30(38)35-25-13-8-18(2)14-19(25)3/h5-16,27,33H,1-4H3,(H,34,37)(H,35,38)/t27-/m0/s1. The van der Waals surface area contributed by atoms with E-state index in [1.54, 1.807) is 23.7 Å². The number of aryl methyl sites for hydroxylation is 3. The van der Waals surface area contributed by atoms with Gasteiger partial charge in [-0.1, -0.05) is 42.0 Å². The fraction of sp³-hybridized carbons (Fsp3) is 0.167. The second kappa shape index (κ2) is 9.97. The van der Waals surface area contributed by atoms with Crippen molar-refractivity contribution in [3.05, 3.63) is 118 Å². The van der Waals surface area contributed by atoms with Crippen LogP contribution in [0.15, 0.2) is 84.2 Å². The van der Waals surface area contributed by atoms with Crippen molar-refractivity contribution < 1.29 is 14.0 Å². The lowest BCUT2D eigenvalue weighted by atomic mass is 9.94. The molecular weight excluding hydrogens is 481 g/mol. The molecule has 1 atom stereocenters. The van der Waals surface area contributed by atoms with E-state index < -0.39 is 6.04 Å². The van der Waals surface area contributed by atoms with Crippen LogP contribution in [0.5, 0.6) is 0 Å². The minimum atomic E-state index is -0.682. The zero-order chi connectivity index (χ0) is 27.0. The second-order valence-electron chi connectivity index (χ2n) is 9.57. The first-order chi connectivity index (χ1) is 18.2. The first-order valence-corrected chi connectivity index (χ1v) is 12.3. The number of nitrogens with zero attached hydrogens (tertiary/aromatic N) is 2. The van der Waals surface area contributed by atoms with E-state index in [2.05, 4.69) is 21.0 Å². The molecule has 0 aliphatic carbocycles. The van der Waals surface area contributed by atoms with Crippen molar-refractivity contribution in [3.8, 4) is 0 Å². The summed E-state index contributed by atoms with van der Waals surface area (Å²) in [6.07, 6.45) is 1.47. The number of halogens is 1. The lowest BCUT2D eigenvalue weighted by molar-refractivity contribution is -0.113. The number of benzene rings is 3. The van der Waals surface area contributed by atoms with Gasteiger partial charge in [-0.3, -0.25) is 9.59 Å². The maximum atomic E-state index is 13.8. The second-order valence-corrected chi connectivity index (χ2v) is 9.57. The largest absolute Gasteiger partial charge is 0.343 e. The van der Waals surface area contributed by atoms with E-state index in [0.717, 1.165) is 16.7 Å². The molecule has 0 saturated heterocycles. The molecule has 0 unspecified atom stereocenters. The van der Waals surface area contributed by atoms with Crippen molar-refractivity contribution >= 4 is 29.0 Å². The van der Waals surface area contributed by atoms with Crippen LogP contribution < -0.4 is 16.0 Å². The van der Waals surface area contributed by atoms with E-state index in [-0.39, 0.29) is 17.6 Å². The minimum Gasteiger partial charge on any atom is -0.343 e. The molecule has 1 aromatic heterocycles. The van der Waals surface area contributed by atoms with Crippen LogP contribution in [0.1, 0.15) is 45.6 Å². The Kier molecular flexibility index (Phi) is 6.55. The first kappa shape index (κ1) is 25.0.